The number of hydrogen-bond acceptors (Lipinski definition) is 3. The second-order valence-corrected chi connectivity index (χ2v) is 4.46. The third kappa shape index (κ3) is 3.69. The first-order chi connectivity index (χ1) is 10.5. The molecule has 0 saturated heterocycles. The van der Waals surface area contributed by atoms with Gasteiger partial charge < -0.3 is 9.47 Å². The van der Waals surface area contributed by atoms with E-state index in [0.717, 1.165) is 12.1 Å². The minimum Gasteiger partial charge on any atom is -0.497 e. The number of ketones is 1. The van der Waals surface area contributed by atoms with E-state index in [-0.39, 0.29) is 5.56 Å². The van der Waals surface area contributed by atoms with Gasteiger partial charge in [0.15, 0.2) is 5.78 Å². The maximum absolute atomic E-state index is 13.1. The highest BCUT2D eigenvalue weighted by Crippen LogP contribution is 2.25. The summed E-state index contributed by atoms with van der Waals surface area (Å²) in [5.41, 5.74) is 0.592. The van der Waals surface area contributed by atoms with Crippen LogP contribution in [-0.4, -0.2) is 20.0 Å². The van der Waals surface area contributed by atoms with Gasteiger partial charge in [-0.25, -0.2) is 8.78 Å². The molecule has 0 spiro atoms. The van der Waals surface area contributed by atoms with Gasteiger partial charge in [0.05, 0.1) is 14.2 Å². The standard InChI is InChI=1S/C17H14F2O3/c1-21-15-5-3-11(17(10-15)22-2)4-6-16(20)12-7-13(18)9-14(19)8-12/h3-10H,1-2H3/b6-4+. The summed E-state index contributed by atoms with van der Waals surface area (Å²) >= 11 is 0. The Morgan fingerprint density at radius 2 is 1.68 bits per heavy atom. The van der Waals surface area contributed by atoms with E-state index in [0.29, 0.717) is 23.1 Å². The summed E-state index contributed by atoms with van der Waals surface area (Å²) in [6.07, 6.45) is 2.75. The Labute approximate surface area is 126 Å². The zero-order valence-electron chi connectivity index (χ0n) is 12.1. The summed E-state index contributed by atoms with van der Waals surface area (Å²) in [4.78, 5) is 12.0. The molecule has 0 aliphatic rings. The van der Waals surface area contributed by atoms with Crippen LogP contribution in [0.1, 0.15) is 15.9 Å². The van der Waals surface area contributed by atoms with E-state index in [1.54, 1.807) is 18.2 Å². The maximum Gasteiger partial charge on any atom is 0.186 e. The molecule has 5 heteroatoms. The van der Waals surface area contributed by atoms with Gasteiger partial charge in [-0.05, 0) is 36.4 Å². The van der Waals surface area contributed by atoms with E-state index in [9.17, 15) is 13.6 Å². The van der Waals surface area contributed by atoms with Crippen LogP contribution in [-0.2, 0) is 0 Å². The van der Waals surface area contributed by atoms with E-state index in [4.69, 9.17) is 9.47 Å². The normalized spacial score (nSPS) is 10.7. The Kier molecular flexibility index (Phi) is 4.88. The highest BCUT2D eigenvalue weighted by atomic mass is 19.1. The number of ether oxygens (including phenoxy) is 2. The van der Waals surface area contributed by atoms with Gasteiger partial charge in [-0.1, -0.05) is 0 Å². The minimum absolute atomic E-state index is 0.0544. The molecule has 114 valence electrons. The van der Waals surface area contributed by atoms with Crippen molar-refractivity contribution in [3.05, 3.63) is 65.2 Å². The molecule has 0 atom stereocenters. The summed E-state index contributed by atoms with van der Waals surface area (Å²) in [7, 11) is 3.03. The fourth-order valence-corrected chi connectivity index (χ4v) is 1.91. The third-order valence-corrected chi connectivity index (χ3v) is 3.00. The predicted octanol–water partition coefficient (Wildman–Crippen LogP) is 3.88. The van der Waals surface area contributed by atoms with E-state index in [1.165, 1.54) is 26.4 Å². The number of carbonyl (C=O) groups excluding carboxylic acids is 1. The van der Waals surface area contributed by atoms with Gasteiger partial charge in [-0.3, -0.25) is 4.79 Å². The smallest absolute Gasteiger partial charge is 0.186 e. The molecule has 0 bridgehead atoms. The molecule has 0 N–H and O–H groups in total. The van der Waals surface area contributed by atoms with Gasteiger partial charge in [0.25, 0.3) is 0 Å². The van der Waals surface area contributed by atoms with Gasteiger partial charge in [0.1, 0.15) is 23.1 Å². The predicted molar refractivity (Wildman–Crippen MR) is 79.3 cm³/mol. The van der Waals surface area contributed by atoms with Crippen molar-refractivity contribution in [2.24, 2.45) is 0 Å². The number of methoxy groups -OCH3 is 2. The highest BCUT2D eigenvalue weighted by molar-refractivity contribution is 6.06. The van der Waals surface area contributed by atoms with Gasteiger partial charge in [-0.15, -0.1) is 0 Å². The van der Waals surface area contributed by atoms with E-state index < -0.39 is 17.4 Å². The molecule has 0 aliphatic heterocycles. The first-order valence-electron chi connectivity index (χ1n) is 6.44. The monoisotopic (exact) mass is 304 g/mol. The second kappa shape index (κ2) is 6.85. The molecule has 2 rings (SSSR count). The van der Waals surface area contributed by atoms with Gasteiger partial charge >= 0.3 is 0 Å². The van der Waals surface area contributed by atoms with E-state index in [2.05, 4.69) is 0 Å². The van der Waals surface area contributed by atoms with Crippen molar-refractivity contribution in [2.75, 3.05) is 14.2 Å². The van der Waals surface area contributed by atoms with Crippen LogP contribution in [0.2, 0.25) is 0 Å². The molecule has 0 amide bonds. The summed E-state index contributed by atoms with van der Waals surface area (Å²) in [5.74, 6) is -0.949. The number of benzene rings is 2. The SMILES string of the molecule is COc1ccc(/C=C/C(=O)c2cc(F)cc(F)c2)c(OC)c1. The molecule has 0 radical (unpaired) electrons. The molecule has 3 nitrogen and oxygen atoms in total. The van der Waals surface area contributed by atoms with Crippen molar-refractivity contribution >= 4 is 11.9 Å². The molecular weight excluding hydrogens is 290 g/mol. The van der Waals surface area contributed by atoms with Crippen LogP contribution in [0.5, 0.6) is 11.5 Å². The maximum atomic E-state index is 13.1. The first kappa shape index (κ1) is 15.7. The molecular formula is C17H14F2O3. The third-order valence-electron chi connectivity index (χ3n) is 3.00. The number of hydrogen-bond donors (Lipinski definition) is 0. The Hall–Kier alpha value is -2.69. The average molecular weight is 304 g/mol. The minimum atomic E-state index is -0.793. The Balaban J connectivity index is 2.26. The lowest BCUT2D eigenvalue weighted by molar-refractivity contribution is 0.104. The van der Waals surface area contributed by atoms with E-state index >= 15 is 0 Å². The highest BCUT2D eigenvalue weighted by Gasteiger charge is 2.07. The van der Waals surface area contributed by atoms with Gasteiger partial charge in [0, 0.05) is 23.3 Å². The molecule has 2 aromatic carbocycles. The first-order valence-corrected chi connectivity index (χ1v) is 6.44. The van der Waals surface area contributed by atoms with Crippen LogP contribution in [0.15, 0.2) is 42.5 Å². The lowest BCUT2D eigenvalue weighted by Gasteiger charge is -2.07. The molecule has 22 heavy (non-hydrogen) atoms. The average Bonchev–Trinajstić information content (AvgIpc) is 2.51. The quantitative estimate of drug-likeness (QED) is 0.621. The Bertz CT molecular complexity index is 704. The van der Waals surface area contributed by atoms with Gasteiger partial charge in [-0.2, -0.15) is 0 Å². The number of carbonyl (C=O) groups is 1. The van der Waals surface area contributed by atoms with Crippen LogP contribution in [0.25, 0.3) is 6.08 Å². The van der Waals surface area contributed by atoms with Crippen molar-refractivity contribution < 1.29 is 23.0 Å². The molecule has 0 saturated carbocycles. The summed E-state index contributed by atoms with van der Waals surface area (Å²) in [6, 6.07) is 7.79. The summed E-state index contributed by atoms with van der Waals surface area (Å²) < 4.78 is 36.5. The Morgan fingerprint density at radius 1 is 1.00 bits per heavy atom. The lowest BCUT2D eigenvalue weighted by Crippen LogP contribution is -1.97. The van der Waals surface area contributed by atoms with Gasteiger partial charge in [0.2, 0.25) is 0 Å². The molecule has 0 unspecified atom stereocenters. The van der Waals surface area contributed by atoms with Crippen molar-refractivity contribution in [2.45, 2.75) is 0 Å². The Morgan fingerprint density at radius 3 is 2.27 bits per heavy atom. The number of halogens is 2. The van der Waals surface area contributed by atoms with Crippen LogP contribution in [0, 0.1) is 11.6 Å². The fourth-order valence-electron chi connectivity index (χ4n) is 1.91. The van der Waals surface area contributed by atoms with Crippen LogP contribution < -0.4 is 9.47 Å². The molecule has 0 fully saturated rings. The molecule has 0 heterocycles. The molecule has 0 aromatic heterocycles. The van der Waals surface area contributed by atoms with Crippen LogP contribution >= 0.6 is 0 Å². The van der Waals surface area contributed by atoms with Crippen molar-refractivity contribution in [1.82, 2.24) is 0 Å². The number of rotatable bonds is 5. The topological polar surface area (TPSA) is 35.5 Å². The molecule has 2 aromatic rings. The lowest BCUT2D eigenvalue weighted by atomic mass is 10.1. The van der Waals surface area contributed by atoms with E-state index in [1.807, 2.05) is 0 Å². The number of allylic oxidation sites excluding steroid dienone is 1. The molecule has 0 aliphatic carbocycles. The zero-order chi connectivity index (χ0) is 16.1. The second-order valence-electron chi connectivity index (χ2n) is 4.46. The zero-order valence-corrected chi connectivity index (χ0v) is 12.1. The largest absolute Gasteiger partial charge is 0.497 e. The van der Waals surface area contributed by atoms with Crippen molar-refractivity contribution in [3.63, 3.8) is 0 Å². The van der Waals surface area contributed by atoms with Crippen LogP contribution in [0.4, 0.5) is 8.78 Å². The summed E-state index contributed by atoms with van der Waals surface area (Å²) in [6.45, 7) is 0. The van der Waals surface area contributed by atoms with Crippen LogP contribution in [0.3, 0.4) is 0 Å². The van der Waals surface area contributed by atoms with Crippen molar-refractivity contribution in [1.29, 1.82) is 0 Å². The summed E-state index contributed by atoms with van der Waals surface area (Å²) in [5, 5.41) is 0. The fraction of sp³-hybridized carbons (Fsp3) is 0.118. The van der Waals surface area contributed by atoms with Crippen molar-refractivity contribution in [3.8, 4) is 11.5 Å².